The fourth-order valence-electron chi connectivity index (χ4n) is 3.61. The molecule has 35 heavy (non-hydrogen) atoms. The molecule has 0 atom stereocenters. The number of fused-ring (bicyclic) bond motifs is 1. The molecule has 0 saturated heterocycles. The third kappa shape index (κ3) is 5.25. The van der Waals surface area contributed by atoms with Crippen LogP contribution in [0.15, 0.2) is 69.9 Å². The second-order valence-electron chi connectivity index (χ2n) is 7.68. The minimum atomic E-state index is -0.493. The van der Waals surface area contributed by atoms with Gasteiger partial charge < -0.3 is 23.9 Å². The lowest BCUT2D eigenvalue weighted by Gasteiger charge is -2.14. The molecule has 1 amide bonds. The number of amides is 1. The predicted octanol–water partition coefficient (Wildman–Crippen LogP) is 5.71. The number of ether oxygens (including phenoxy) is 3. The van der Waals surface area contributed by atoms with E-state index in [4.69, 9.17) is 30.2 Å². The molecule has 0 aliphatic rings. The summed E-state index contributed by atoms with van der Waals surface area (Å²) in [5.41, 5.74) is 2.05. The van der Waals surface area contributed by atoms with Gasteiger partial charge in [0.2, 0.25) is 11.2 Å². The number of benzene rings is 3. The van der Waals surface area contributed by atoms with Gasteiger partial charge >= 0.3 is 0 Å². The van der Waals surface area contributed by atoms with Crippen molar-refractivity contribution < 1.29 is 23.4 Å². The highest BCUT2D eigenvalue weighted by molar-refractivity contribution is 6.31. The van der Waals surface area contributed by atoms with Crippen molar-refractivity contribution in [3.05, 3.63) is 81.5 Å². The van der Waals surface area contributed by atoms with Crippen LogP contribution in [0.3, 0.4) is 0 Å². The summed E-state index contributed by atoms with van der Waals surface area (Å²) in [7, 11) is 3.06. The molecule has 0 fully saturated rings. The van der Waals surface area contributed by atoms with Gasteiger partial charge in [-0.1, -0.05) is 24.6 Å². The summed E-state index contributed by atoms with van der Waals surface area (Å²) in [6.07, 6.45) is 0.760. The maximum atomic E-state index is 13.5. The zero-order valence-corrected chi connectivity index (χ0v) is 20.3. The predicted molar refractivity (Wildman–Crippen MR) is 136 cm³/mol. The summed E-state index contributed by atoms with van der Waals surface area (Å²) >= 11 is 6.04. The van der Waals surface area contributed by atoms with Crippen LogP contribution in [0.25, 0.3) is 22.3 Å². The first kappa shape index (κ1) is 24.2. The van der Waals surface area contributed by atoms with Crippen LogP contribution in [0.2, 0.25) is 5.02 Å². The number of rotatable bonds is 8. The average Bonchev–Trinajstić information content (AvgIpc) is 2.88. The summed E-state index contributed by atoms with van der Waals surface area (Å²) in [5.74, 6) is 0.778. The molecule has 0 aliphatic heterocycles. The number of hydrogen-bond donors (Lipinski definition) is 1. The normalized spacial score (nSPS) is 10.7. The Morgan fingerprint density at radius 1 is 1.00 bits per heavy atom. The molecule has 0 bridgehead atoms. The third-order valence-electron chi connectivity index (χ3n) is 5.46. The van der Waals surface area contributed by atoms with E-state index in [0.717, 1.165) is 12.0 Å². The van der Waals surface area contributed by atoms with Gasteiger partial charge in [-0.2, -0.15) is 0 Å². The van der Waals surface area contributed by atoms with Crippen molar-refractivity contribution in [2.45, 2.75) is 13.3 Å². The van der Waals surface area contributed by atoms with E-state index in [2.05, 4.69) is 5.32 Å². The number of aryl methyl sites for hydroxylation is 1. The number of halogens is 1. The Morgan fingerprint density at radius 3 is 2.46 bits per heavy atom. The van der Waals surface area contributed by atoms with Crippen LogP contribution in [0.5, 0.6) is 17.2 Å². The van der Waals surface area contributed by atoms with Crippen LogP contribution in [-0.4, -0.2) is 26.7 Å². The van der Waals surface area contributed by atoms with Crippen molar-refractivity contribution >= 4 is 34.2 Å². The number of anilines is 1. The second kappa shape index (κ2) is 10.5. The summed E-state index contributed by atoms with van der Waals surface area (Å²) < 4.78 is 22.4. The van der Waals surface area contributed by atoms with Crippen molar-refractivity contribution in [1.82, 2.24) is 0 Å². The van der Waals surface area contributed by atoms with Gasteiger partial charge in [0.1, 0.15) is 17.1 Å². The van der Waals surface area contributed by atoms with E-state index in [9.17, 15) is 9.59 Å². The lowest BCUT2D eigenvalue weighted by Crippen LogP contribution is -2.23. The van der Waals surface area contributed by atoms with E-state index in [-0.39, 0.29) is 16.9 Å². The number of methoxy groups -OCH3 is 2. The molecule has 0 unspecified atom stereocenters. The van der Waals surface area contributed by atoms with Crippen molar-refractivity contribution in [2.24, 2.45) is 0 Å². The largest absolute Gasteiger partial charge is 0.497 e. The van der Waals surface area contributed by atoms with Crippen molar-refractivity contribution in [1.29, 1.82) is 0 Å². The molecule has 3 aromatic carbocycles. The Morgan fingerprint density at radius 2 is 1.77 bits per heavy atom. The summed E-state index contributed by atoms with van der Waals surface area (Å²) in [5, 5.41) is 3.52. The van der Waals surface area contributed by atoms with Crippen molar-refractivity contribution in [3.63, 3.8) is 0 Å². The molecule has 180 valence electrons. The lowest BCUT2D eigenvalue weighted by molar-refractivity contribution is -0.118. The van der Waals surface area contributed by atoms with Gasteiger partial charge in [0.05, 0.1) is 25.3 Å². The summed E-state index contributed by atoms with van der Waals surface area (Å²) in [4.78, 5) is 26.1. The van der Waals surface area contributed by atoms with E-state index in [1.54, 1.807) is 61.7 Å². The van der Waals surface area contributed by atoms with Crippen LogP contribution in [-0.2, 0) is 11.2 Å². The molecule has 0 radical (unpaired) electrons. The fraction of sp³-hybridized carbons (Fsp3) is 0.185. The average molecular weight is 494 g/mol. The first-order valence-corrected chi connectivity index (χ1v) is 11.3. The molecule has 0 spiro atoms. The first-order valence-electron chi connectivity index (χ1n) is 10.9. The van der Waals surface area contributed by atoms with Crippen LogP contribution in [0, 0.1) is 0 Å². The second-order valence-corrected chi connectivity index (χ2v) is 8.12. The topological polar surface area (TPSA) is 87.0 Å². The van der Waals surface area contributed by atoms with Gasteiger partial charge in [-0.25, -0.2) is 0 Å². The van der Waals surface area contributed by atoms with Gasteiger partial charge in [-0.3, -0.25) is 9.59 Å². The zero-order valence-electron chi connectivity index (χ0n) is 19.5. The molecule has 1 aromatic heterocycles. The highest BCUT2D eigenvalue weighted by Gasteiger charge is 2.20. The van der Waals surface area contributed by atoms with Gasteiger partial charge in [-0.15, -0.1) is 0 Å². The van der Waals surface area contributed by atoms with Gasteiger partial charge in [0.25, 0.3) is 5.91 Å². The zero-order chi connectivity index (χ0) is 24.9. The highest BCUT2D eigenvalue weighted by atomic mass is 35.5. The Kier molecular flexibility index (Phi) is 7.27. The van der Waals surface area contributed by atoms with Crippen LogP contribution < -0.4 is 25.0 Å². The molecule has 0 saturated carbocycles. The minimum absolute atomic E-state index is 0.0517. The van der Waals surface area contributed by atoms with Crippen LogP contribution in [0.4, 0.5) is 5.69 Å². The Hall–Kier alpha value is -3.97. The van der Waals surface area contributed by atoms with Gasteiger partial charge in [0.15, 0.2) is 12.4 Å². The van der Waals surface area contributed by atoms with Crippen LogP contribution in [0.1, 0.15) is 12.5 Å². The quantitative estimate of drug-likeness (QED) is 0.338. The number of hydrogen-bond acceptors (Lipinski definition) is 6. The maximum Gasteiger partial charge on any atom is 0.262 e. The molecule has 8 heteroatoms. The Balaban J connectivity index is 1.70. The van der Waals surface area contributed by atoms with Gasteiger partial charge in [-0.05, 0) is 66.6 Å². The summed E-state index contributed by atoms with van der Waals surface area (Å²) in [6, 6.07) is 17.3. The Labute approximate surface area is 207 Å². The number of nitrogens with one attached hydrogen (secondary N) is 1. The minimum Gasteiger partial charge on any atom is -0.497 e. The molecular weight excluding hydrogens is 470 g/mol. The van der Waals surface area contributed by atoms with E-state index in [0.29, 0.717) is 38.7 Å². The van der Waals surface area contributed by atoms with E-state index >= 15 is 0 Å². The SMILES string of the molecule is CCc1ccc2oc(-c3ccc(OC)cc3)c(OCC(=O)Nc3cc(Cl)ccc3OC)c(=O)c2c1. The molecular formula is C27H24ClNO6. The van der Waals surface area contributed by atoms with E-state index in [1.807, 2.05) is 13.0 Å². The van der Waals surface area contributed by atoms with Gasteiger partial charge in [0, 0.05) is 10.6 Å². The van der Waals surface area contributed by atoms with E-state index in [1.165, 1.54) is 7.11 Å². The third-order valence-corrected chi connectivity index (χ3v) is 5.69. The van der Waals surface area contributed by atoms with Crippen LogP contribution >= 0.6 is 11.6 Å². The number of carbonyl (C=O) groups is 1. The lowest BCUT2D eigenvalue weighted by atomic mass is 10.1. The Bertz CT molecular complexity index is 1430. The van der Waals surface area contributed by atoms with Crippen molar-refractivity contribution in [3.8, 4) is 28.6 Å². The van der Waals surface area contributed by atoms with E-state index < -0.39 is 12.5 Å². The molecule has 0 aliphatic carbocycles. The highest BCUT2D eigenvalue weighted by Crippen LogP contribution is 2.33. The number of carbonyl (C=O) groups excluding carboxylic acids is 1. The fourth-order valence-corrected chi connectivity index (χ4v) is 3.78. The maximum absolute atomic E-state index is 13.5. The summed E-state index contributed by atoms with van der Waals surface area (Å²) in [6.45, 7) is 1.57. The molecule has 1 N–H and O–H groups in total. The molecule has 1 heterocycles. The van der Waals surface area contributed by atoms with Crippen molar-refractivity contribution in [2.75, 3.05) is 26.1 Å². The first-order chi connectivity index (χ1) is 16.9. The molecule has 4 rings (SSSR count). The monoisotopic (exact) mass is 493 g/mol. The molecule has 4 aromatic rings. The molecule has 7 nitrogen and oxygen atoms in total. The smallest absolute Gasteiger partial charge is 0.262 e. The standard InChI is InChI=1S/C27H24ClNO6/c1-4-16-5-11-22-20(13-16)25(31)27(26(35-22)17-6-9-19(32-2)10-7-17)34-15-24(30)29-21-14-18(28)8-12-23(21)33-3/h5-14H,4,15H2,1-3H3,(H,29,30).